The van der Waals surface area contributed by atoms with Crippen LogP contribution in [-0.2, 0) is 0 Å². The third kappa shape index (κ3) is 1.20. The summed E-state index contributed by atoms with van der Waals surface area (Å²) >= 11 is 1.47. The minimum Gasteiger partial charge on any atom is -0.383 e. The van der Waals surface area contributed by atoms with Crippen molar-refractivity contribution in [3.63, 3.8) is 0 Å². The van der Waals surface area contributed by atoms with Crippen molar-refractivity contribution in [3.8, 4) is 0 Å². The van der Waals surface area contributed by atoms with Crippen molar-refractivity contribution < 1.29 is 0 Å². The van der Waals surface area contributed by atoms with Gasteiger partial charge in [0, 0.05) is 11.9 Å². The fourth-order valence-corrected chi connectivity index (χ4v) is 0.989. The van der Waals surface area contributed by atoms with Crippen LogP contribution < -0.4 is 5.32 Å². The second-order valence-corrected chi connectivity index (χ2v) is 2.10. The van der Waals surface area contributed by atoms with Crippen LogP contribution in [0.5, 0.6) is 0 Å². The topological polar surface area (TPSA) is 24.9 Å². The van der Waals surface area contributed by atoms with Gasteiger partial charge in [-0.05, 0) is 18.5 Å². The number of nitrogens with zero attached hydrogens (tertiary/aromatic N) is 1. The fourth-order valence-electron chi connectivity index (χ4n) is 0.496. The summed E-state index contributed by atoms with van der Waals surface area (Å²) in [6, 6.07) is 0. The molecule has 1 aromatic rings. The molecule has 0 unspecified atom stereocenters. The van der Waals surface area contributed by atoms with Crippen LogP contribution in [0.3, 0.4) is 0 Å². The van der Waals surface area contributed by atoms with Crippen LogP contribution in [0.4, 0.5) is 5.69 Å². The highest BCUT2D eigenvalue weighted by Crippen LogP contribution is 2.06. The van der Waals surface area contributed by atoms with Gasteiger partial charge in [-0.1, -0.05) is 0 Å². The molecule has 0 saturated heterocycles. The molecule has 0 fully saturated rings. The molecule has 44 valence electrons. The van der Waals surface area contributed by atoms with Gasteiger partial charge in [-0.2, -0.15) is 4.37 Å². The van der Waals surface area contributed by atoms with Crippen molar-refractivity contribution >= 4 is 17.2 Å². The van der Waals surface area contributed by atoms with E-state index >= 15 is 0 Å². The molecule has 1 rings (SSSR count). The molecule has 0 amide bonds. The van der Waals surface area contributed by atoms with Gasteiger partial charge >= 0.3 is 0 Å². The Labute approximate surface area is 52.7 Å². The van der Waals surface area contributed by atoms with E-state index in [-0.39, 0.29) is 0 Å². The number of hydrogen-bond donors (Lipinski definition) is 1. The molecule has 3 heteroatoms. The summed E-state index contributed by atoms with van der Waals surface area (Å²) in [5, 5.41) is 5.12. The Balaban J connectivity index is 2.50. The third-order valence-corrected chi connectivity index (χ3v) is 1.40. The Hall–Kier alpha value is -0.570. The molecule has 1 heterocycles. The van der Waals surface area contributed by atoms with Gasteiger partial charge in [0.05, 0.1) is 11.9 Å². The molecule has 0 aliphatic carbocycles. The largest absolute Gasteiger partial charge is 0.383 e. The normalized spacial score (nSPS) is 9.12. The minimum absolute atomic E-state index is 0.971. The van der Waals surface area contributed by atoms with Crippen molar-refractivity contribution in [3.05, 3.63) is 11.6 Å². The van der Waals surface area contributed by atoms with Gasteiger partial charge < -0.3 is 5.32 Å². The molecule has 8 heavy (non-hydrogen) atoms. The predicted molar refractivity (Wildman–Crippen MR) is 36.3 cm³/mol. The minimum atomic E-state index is 0.971. The summed E-state index contributed by atoms with van der Waals surface area (Å²) in [6.07, 6.45) is 1.83. The number of nitrogens with one attached hydrogen (secondary N) is 1. The van der Waals surface area contributed by atoms with Gasteiger partial charge in [0.1, 0.15) is 0 Å². The lowest BCUT2D eigenvalue weighted by molar-refractivity contribution is 1.21. The summed E-state index contributed by atoms with van der Waals surface area (Å²) < 4.78 is 3.92. The molecular formula is C5H8N2S. The van der Waals surface area contributed by atoms with E-state index < -0.39 is 0 Å². The zero-order chi connectivity index (χ0) is 5.82. The highest BCUT2D eigenvalue weighted by molar-refractivity contribution is 7.04. The van der Waals surface area contributed by atoms with Crippen molar-refractivity contribution in [2.75, 3.05) is 11.9 Å². The maximum Gasteiger partial charge on any atom is 0.0652 e. The lowest BCUT2D eigenvalue weighted by Gasteiger charge is -1.92. The van der Waals surface area contributed by atoms with Gasteiger partial charge in [-0.15, -0.1) is 0 Å². The van der Waals surface area contributed by atoms with Crippen LogP contribution in [0.25, 0.3) is 0 Å². The molecule has 1 aromatic heterocycles. The van der Waals surface area contributed by atoms with Gasteiger partial charge in [0.2, 0.25) is 0 Å². The Kier molecular flexibility index (Phi) is 1.86. The molecule has 0 aliphatic heterocycles. The van der Waals surface area contributed by atoms with Gasteiger partial charge in [0.25, 0.3) is 0 Å². The average Bonchev–Trinajstić information content (AvgIpc) is 2.19. The van der Waals surface area contributed by atoms with Gasteiger partial charge in [0.15, 0.2) is 0 Å². The SMILES string of the molecule is CCNc1cnsc1. The second-order valence-electron chi connectivity index (χ2n) is 1.44. The van der Waals surface area contributed by atoms with Crippen LogP contribution in [-0.4, -0.2) is 10.9 Å². The standard InChI is InChI=1S/C5H8N2S/c1-2-6-5-3-7-8-4-5/h3-4,6H,2H2,1H3. The van der Waals surface area contributed by atoms with Crippen molar-refractivity contribution in [2.45, 2.75) is 6.92 Å². The molecule has 0 bridgehead atoms. The molecule has 0 spiro atoms. The fraction of sp³-hybridized carbons (Fsp3) is 0.400. The van der Waals surface area contributed by atoms with E-state index in [4.69, 9.17) is 0 Å². The van der Waals surface area contributed by atoms with E-state index in [0.29, 0.717) is 0 Å². The summed E-state index contributed by atoms with van der Waals surface area (Å²) in [4.78, 5) is 0. The Bertz CT molecular complexity index is 136. The first kappa shape index (κ1) is 5.56. The first-order chi connectivity index (χ1) is 3.93. The second kappa shape index (κ2) is 2.67. The average molecular weight is 128 g/mol. The van der Waals surface area contributed by atoms with Crippen LogP contribution in [0.2, 0.25) is 0 Å². The van der Waals surface area contributed by atoms with E-state index in [1.807, 2.05) is 11.6 Å². The quantitative estimate of drug-likeness (QED) is 0.654. The lowest BCUT2D eigenvalue weighted by atomic mass is 10.6. The van der Waals surface area contributed by atoms with E-state index in [2.05, 4.69) is 16.6 Å². The summed E-state index contributed by atoms with van der Waals surface area (Å²) in [5.74, 6) is 0. The molecule has 0 saturated carbocycles. The first-order valence-corrected chi connectivity index (χ1v) is 3.40. The Morgan fingerprint density at radius 3 is 3.25 bits per heavy atom. The van der Waals surface area contributed by atoms with Crippen molar-refractivity contribution in [1.82, 2.24) is 4.37 Å². The predicted octanol–water partition coefficient (Wildman–Crippen LogP) is 1.57. The highest BCUT2D eigenvalue weighted by Gasteiger charge is 1.85. The molecule has 0 radical (unpaired) electrons. The van der Waals surface area contributed by atoms with Crippen molar-refractivity contribution in [1.29, 1.82) is 0 Å². The zero-order valence-electron chi connectivity index (χ0n) is 4.72. The number of rotatable bonds is 2. The summed E-state index contributed by atoms with van der Waals surface area (Å²) in [7, 11) is 0. The number of aromatic nitrogens is 1. The number of hydrogen-bond acceptors (Lipinski definition) is 3. The molecule has 2 nitrogen and oxygen atoms in total. The molecule has 1 N–H and O–H groups in total. The van der Waals surface area contributed by atoms with E-state index in [0.717, 1.165) is 12.2 Å². The molecular weight excluding hydrogens is 120 g/mol. The summed E-state index contributed by atoms with van der Waals surface area (Å²) in [6.45, 7) is 3.04. The Morgan fingerprint density at radius 2 is 2.75 bits per heavy atom. The van der Waals surface area contributed by atoms with Crippen LogP contribution in [0.1, 0.15) is 6.92 Å². The highest BCUT2D eigenvalue weighted by atomic mass is 32.1. The van der Waals surface area contributed by atoms with Gasteiger partial charge in [-0.3, -0.25) is 0 Å². The van der Waals surface area contributed by atoms with Crippen LogP contribution in [0.15, 0.2) is 11.6 Å². The monoisotopic (exact) mass is 128 g/mol. The first-order valence-electron chi connectivity index (χ1n) is 2.56. The number of anilines is 1. The van der Waals surface area contributed by atoms with E-state index in [9.17, 15) is 0 Å². The van der Waals surface area contributed by atoms with Crippen LogP contribution >= 0.6 is 11.5 Å². The van der Waals surface area contributed by atoms with E-state index in [1.54, 1.807) is 0 Å². The molecule has 0 atom stereocenters. The maximum atomic E-state index is 3.92. The summed E-state index contributed by atoms with van der Waals surface area (Å²) in [5.41, 5.74) is 1.12. The lowest BCUT2D eigenvalue weighted by Crippen LogP contribution is -1.93. The van der Waals surface area contributed by atoms with Crippen LogP contribution in [0, 0.1) is 0 Å². The smallest absolute Gasteiger partial charge is 0.0652 e. The zero-order valence-corrected chi connectivity index (χ0v) is 5.53. The van der Waals surface area contributed by atoms with Crippen molar-refractivity contribution in [2.24, 2.45) is 0 Å². The van der Waals surface area contributed by atoms with E-state index in [1.165, 1.54) is 11.5 Å². The molecule has 0 aromatic carbocycles. The van der Waals surface area contributed by atoms with Gasteiger partial charge in [-0.25, -0.2) is 0 Å². The Morgan fingerprint density at radius 1 is 1.88 bits per heavy atom. The molecule has 0 aliphatic rings. The maximum absolute atomic E-state index is 3.92. The third-order valence-electron chi connectivity index (χ3n) is 0.813.